The van der Waals surface area contributed by atoms with Crippen LogP contribution in [0.25, 0.3) is 11.4 Å². The lowest BCUT2D eigenvalue weighted by Crippen LogP contribution is -2.33. The zero-order valence-electron chi connectivity index (χ0n) is 19.2. The van der Waals surface area contributed by atoms with Gasteiger partial charge in [0.1, 0.15) is 36.6 Å². The van der Waals surface area contributed by atoms with Gasteiger partial charge in [-0.2, -0.15) is 10.1 Å². The number of benzene rings is 2. The van der Waals surface area contributed by atoms with Crippen LogP contribution in [0, 0.1) is 0 Å². The minimum Gasteiger partial charge on any atom is -0.507 e. The highest BCUT2D eigenvalue weighted by Crippen LogP contribution is 2.23. The first-order valence-corrected chi connectivity index (χ1v) is 12.4. The number of ether oxygens (including phenoxy) is 2. The number of aliphatic hydroxyl groups is 1. The van der Waals surface area contributed by atoms with Crippen LogP contribution in [-0.4, -0.2) is 78.0 Å². The Morgan fingerprint density at radius 1 is 1.17 bits per heavy atom. The van der Waals surface area contributed by atoms with E-state index in [0.717, 1.165) is 6.26 Å². The van der Waals surface area contributed by atoms with Gasteiger partial charge in [-0.3, -0.25) is 4.79 Å². The molecule has 1 amide bonds. The Hall–Kier alpha value is -3.68. The van der Waals surface area contributed by atoms with Gasteiger partial charge in [0.2, 0.25) is 15.0 Å². The average Bonchev–Trinajstić information content (AvgIpc) is 3.21. The van der Waals surface area contributed by atoms with Crippen LogP contribution in [0.3, 0.4) is 0 Å². The van der Waals surface area contributed by atoms with E-state index < -0.39 is 21.8 Å². The van der Waals surface area contributed by atoms with Crippen molar-refractivity contribution < 1.29 is 32.9 Å². The molecule has 2 aromatic carbocycles. The van der Waals surface area contributed by atoms with Crippen molar-refractivity contribution >= 4 is 15.7 Å². The lowest BCUT2D eigenvalue weighted by atomic mass is 10.2. The number of hydrogen-bond donors (Lipinski definition) is 4. The molecular weight excluding hydrogens is 478 g/mol. The second-order valence-electron chi connectivity index (χ2n) is 7.70. The zero-order valence-corrected chi connectivity index (χ0v) is 20.0. The Kier molecular flexibility index (Phi) is 8.27. The predicted octanol–water partition coefficient (Wildman–Crippen LogP) is 0.0984. The molecule has 13 heteroatoms. The van der Waals surface area contributed by atoms with Gasteiger partial charge in [0, 0.05) is 32.0 Å². The molecule has 12 nitrogen and oxygen atoms in total. The maximum atomic E-state index is 11.7. The maximum absolute atomic E-state index is 11.7. The quantitative estimate of drug-likeness (QED) is 0.247. The number of hydrogen-bond acceptors (Lipinski definition) is 10. The Bertz CT molecular complexity index is 1280. The van der Waals surface area contributed by atoms with Gasteiger partial charge in [-0.05, 0) is 42.5 Å². The SMILES string of the molecule is Cn1nc(-c2ccc(OCC(O)CNCCOc3ccc(O)c(C(N)=O)c3)cc2)nc1S(C)(=O)=O. The molecule has 0 saturated carbocycles. The third-order valence-electron chi connectivity index (χ3n) is 4.77. The molecule has 1 heterocycles. The summed E-state index contributed by atoms with van der Waals surface area (Å²) in [7, 11) is -1.97. The normalized spacial score (nSPS) is 12.3. The number of nitrogens with two attached hydrogens (primary N) is 1. The lowest BCUT2D eigenvalue weighted by molar-refractivity contribution is 0.0996. The molecule has 0 aliphatic heterocycles. The smallest absolute Gasteiger partial charge is 0.252 e. The first-order chi connectivity index (χ1) is 16.5. The molecule has 0 fully saturated rings. The molecule has 0 bridgehead atoms. The van der Waals surface area contributed by atoms with Crippen molar-refractivity contribution in [3.8, 4) is 28.6 Å². The monoisotopic (exact) mass is 505 g/mol. The third kappa shape index (κ3) is 7.15. The fraction of sp³-hybridized carbons (Fsp3) is 0.318. The van der Waals surface area contributed by atoms with Crippen molar-refractivity contribution in [2.45, 2.75) is 11.3 Å². The number of carbonyl (C=O) groups excluding carboxylic acids is 1. The Labute approximate surface area is 202 Å². The summed E-state index contributed by atoms with van der Waals surface area (Å²) < 4.78 is 35.7. The van der Waals surface area contributed by atoms with Crippen molar-refractivity contribution in [1.29, 1.82) is 0 Å². The van der Waals surface area contributed by atoms with Crippen LogP contribution in [-0.2, 0) is 16.9 Å². The molecule has 1 unspecified atom stereocenters. The van der Waals surface area contributed by atoms with E-state index in [-0.39, 0.29) is 42.1 Å². The van der Waals surface area contributed by atoms with Crippen LogP contribution in [0.2, 0.25) is 0 Å². The molecule has 1 aromatic heterocycles. The van der Waals surface area contributed by atoms with Crippen molar-refractivity contribution in [1.82, 2.24) is 20.1 Å². The van der Waals surface area contributed by atoms with E-state index in [1.807, 2.05) is 0 Å². The standard InChI is InChI=1S/C22H27N5O7S/c1-27-22(35(2,31)32)25-21(26-27)14-3-5-16(6-4-14)34-13-15(28)12-24-9-10-33-17-7-8-19(29)18(11-17)20(23)30/h3-8,11,15,24,28-29H,9-10,12-13H2,1-2H3,(H2,23,30). The summed E-state index contributed by atoms with van der Waals surface area (Å²) in [6.07, 6.45) is 0.293. The Balaban J connectivity index is 1.40. The first-order valence-electron chi connectivity index (χ1n) is 10.5. The van der Waals surface area contributed by atoms with Crippen molar-refractivity contribution in [3.05, 3.63) is 48.0 Å². The number of nitrogens with zero attached hydrogens (tertiary/aromatic N) is 3. The van der Waals surface area contributed by atoms with Crippen LogP contribution in [0.4, 0.5) is 0 Å². The van der Waals surface area contributed by atoms with Gasteiger partial charge in [-0.1, -0.05) is 0 Å². The third-order valence-corrected chi connectivity index (χ3v) is 5.79. The summed E-state index contributed by atoms with van der Waals surface area (Å²) in [5.74, 6) is 0.227. The van der Waals surface area contributed by atoms with E-state index in [0.29, 0.717) is 23.6 Å². The number of aromatic nitrogens is 3. The summed E-state index contributed by atoms with van der Waals surface area (Å²) in [6.45, 7) is 0.995. The molecule has 0 spiro atoms. The van der Waals surface area contributed by atoms with Gasteiger partial charge in [0.25, 0.3) is 5.91 Å². The first kappa shape index (κ1) is 25.9. The molecule has 0 aliphatic carbocycles. The molecule has 3 aromatic rings. The minimum atomic E-state index is -3.48. The maximum Gasteiger partial charge on any atom is 0.252 e. The fourth-order valence-electron chi connectivity index (χ4n) is 3.08. The largest absolute Gasteiger partial charge is 0.507 e. The highest BCUT2D eigenvalue weighted by Gasteiger charge is 2.18. The molecule has 1 atom stereocenters. The topological polar surface area (TPSA) is 179 Å². The van der Waals surface area contributed by atoms with Crippen LogP contribution in [0.1, 0.15) is 10.4 Å². The number of primary amides is 1. The molecule has 3 rings (SSSR count). The van der Waals surface area contributed by atoms with E-state index in [1.165, 1.54) is 29.9 Å². The number of rotatable bonds is 12. The molecule has 0 saturated heterocycles. The van der Waals surface area contributed by atoms with Gasteiger partial charge in [-0.15, -0.1) is 0 Å². The number of aliphatic hydroxyl groups excluding tert-OH is 1. The van der Waals surface area contributed by atoms with Gasteiger partial charge in [0.05, 0.1) is 5.56 Å². The second-order valence-corrected chi connectivity index (χ2v) is 9.61. The molecule has 0 radical (unpaired) electrons. The van der Waals surface area contributed by atoms with E-state index in [4.69, 9.17) is 15.2 Å². The number of nitrogens with one attached hydrogen (secondary N) is 1. The van der Waals surface area contributed by atoms with Gasteiger partial charge in [-0.25, -0.2) is 13.1 Å². The van der Waals surface area contributed by atoms with Gasteiger partial charge < -0.3 is 30.7 Å². The highest BCUT2D eigenvalue weighted by atomic mass is 32.2. The van der Waals surface area contributed by atoms with Crippen molar-refractivity contribution in [2.75, 3.05) is 32.6 Å². The van der Waals surface area contributed by atoms with Crippen LogP contribution < -0.4 is 20.5 Å². The number of aryl methyl sites for hydroxylation is 1. The van der Waals surface area contributed by atoms with Gasteiger partial charge in [0.15, 0.2) is 5.82 Å². The molecule has 188 valence electrons. The number of sulfone groups is 1. The summed E-state index contributed by atoms with van der Waals surface area (Å²) >= 11 is 0. The Morgan fingerprint density at radius 3 is 2.49 bits per heavy atom. The Morgan fingerprint density at radius 2 is 1.86 bits per heavy atom. The van der Waals surface area contributed by atoms with E-state index >= 15 is 0 Å². The number of amides is 1. The van der Waals surface area contributed by atoms with E-state index in [2.05, 4.69) is 15.4 Å². The van der Waals surface area contributed by atoms with E-state index in [1.54, 1.807) is 24.3 Å². The van der Waals surface area contributed by atoms with Crippen LogP contribution in [0.15, 0.2) is 47.6 Å². The predicted molar refractivity (Wildman–Crippen MR) is 126 cm³/mol. The minimum absolute atomic E-state index is 0.0222. The summed E-state index contributed by atoms with van der Waals surface area (Å²) in [6, 6.07) is 11.0. The van der Waals surface area contributed by atoms with Crippen LogP contribution >= 0.6 is 0 Å². The molecular formula is C22H27N5O7S. The summed E-state index contributed by atoms with van der Waals surface area (Å²) in [5.41, 5.74) is 5.79. The van der Waals surface area contributed by atoms with Gasteiger partial charge >= 0.3 is 0 Å². The van der Waals surface area contributed by atoms with E-state index in [9.17, 15) is 23.4 Å². The van der Waals surface area contributed by atoms with Crippen molar-refractivity contribution in [3.63, 3.8) is 0 Å². The highest BCUT2D eigenvalue weighted by molar-refractivity contribution is 7.90. The van der Waals surface area contributed by atoms with Crippen molar-refractivity contribution in [2.24, 2.45) is 12.8 Å². The number of carbonyl (C=O) groups is 1. The van der Waals surface area contributed by atoms with Crippen LogP contribution in [0.5, 0.6) is 17.2 Å². The lowest BCUT2D eigenvalue weighted by Gasteiger charge is -2.14. The molecule has 5 N–H and O–H groups in total. The molecule has 0 aliphatic rings. The molecule has 35 heavy (non-hydrogen) atoms. The number of phenols is 1. The second kappa shape index (κ2) is 11.2. The summed E-state index contributed by atoms with van der Waals surface area (Å²) in [4.78, 5) is 15.3. The fourth-order valence-corrected chi connectivity index (χ4v) is 3.85. The average molecular weight is 506 g/mol. The zero-order chi connectivity index (χ0) is 25.6. The summed E-state index contributed by atoms with van der Waals surface area (Å²) in [5, 5.41) is 26.7. The number of aromatic hydroxyl groups is 1.